The van der Waals surface area contributed by atoms with Crippen molar-refractivity contribution in [3.05, 3.63) is 12.2 Å². The lowest BCUT2D eigenvalue weighted by Gasteiger charge is -2.19. The predicted molar refractivity (Wildman–Crippen MR) is 55.7 cm³/mol. The van der Waals surface area contributed by atoms with Crippen molar-refractivity contribution < 1.29 is 10.0 Å². The fourth-order valence-corrected chi connectivity index (χ4v) is 1.16. The van der Waals surface area contributed by atoms with Gasteiger partial charge in [0.1, 0.15) is 0 Å². The summed E-state index contributed by atoms with van der Waals surface area (Å²) in [5, 5.41) is 8.28. The first-order valence-corrected chi connectivity index (χ1v) is 4.90. The number of hydrogen-bond donors (Lipinski definition) is 3. The molecule has 0 aromatic carbocycles. The number of hydroxylamine groups is 1. The molecule has 2 atom stereocenters. The smallest absolute Gasteiger partial charge is 0.243 e. The van der Waals surface area contributed by atoms with Crippen LogP contribution in [0.15, 0.2) is 12.2 Å². The van der Waals surface area contributed by atoms with E-state index in [1.807, 2.05) is 0 Å². The second-order valence-corrected chi connectivity index (χ2v) is 3.56. The fraction of sp³-hybridized carbons (Fsp3) is 0.700. The van der Waals surface area contributed by atoms with Gasteiger partial charge in [-0.05, 0) is 18.8 Å². The Balaban J connectivity index is 3.90. The minimum absolute atomic E-state index is 0.165. The van der Waals surface area contributed by atoms with E-state index in [-0.39, 0.29) is 12.5 Å². The molecule has 1 amide bonds. The van der Waals surface area contributed by atoms with Gasteiger partial charge in [-0.1, -0.05) is 26.0 Å². The van der Waals surface area contributed by atoms with E-state index < -0.39 is 5.91 Å². The monoisotopic (exact) mass is 200 g/mol. The topological polar surface area (TPSA) is 75.4 Å². The Bertz CT molecular complexity index is 204. The molecule has 82 valence electrons. The molecule has 0 rings (SSSR count). The van der Waals surface area contributed by atoms with Crippen molar-refractivity contribution in [3.63, 3.8) is 0 Å². The molecule has 4 heteroatoms. The molecule has 0 spiro atoms. The quantitative estimate of drug-likeness (QED) is 0.342. The van der Waals surface area contributed by atoms with Crippen LogP contribution in [-0.2, 0) is 4.79 Å². The van der Waals surface area contributed by atoms with Crippen molar-refractivity contribution >= 4 is 5.91 Å². The molecule has 1 unspecified atom stereocenters. The molecule has 0 radical (unpaired) electrons. The molecule has 0 fully saturated rings. The average Bonchev–Trinajstić information content (AvgIpc) is 2.22. The van der Waals surface area contributed by atoms with Crippen LogP contribution in [0.3, 0.4) is 0 Å². The van der Waals surface area contributed by atoms with Crippen molar-refractivity contribution in [2.45, 2.75) is 39.2 Å². The Labute approximate surface area is 85.1 Å². The summed E-state index contributed by atoms with van der Waals surface area (Å²) in [5.74, 6) is -0.0282. The van der Waals surface area contributed by atoms with E-state index in [0.717, 1.165) is 12.0 Å². The molecule has 14 heavy (non-hydrogen) atoms. The minimum Gasteiger partial charge on any atom is -0.324 e. The predicted octanol–water partition coefficient (Wildman–Crippen LogP) is 1.20. The lowest BCUT2D eigenvalue weighted by atomic mass is 9.91. The third-order valence-corrected chi connectivity index (χ3v) is 2.53. The summed E-state index contributed by atoms with van der Waals surface area (Å²) in [7, 11) is 0. The average molecular weight is 200 g/mol. The largest absolute Gasteiger partial charge is 0.324 e. The third kappa shape index (κ3) is 4.39. The van der Waals surface area contributed by atoms with Gasteiger partial charge in [-0.3, -0.25) is 10.0 Å². The maximum Gasteiger partial charge on any atom is 0.243 e. The molecule has 0 saturated heterocycles. The number of amides is 1. The summed E-state index contributed by atoms with van der Waals surface area (Å²) in [6, 6.07) is -0.165. The van der Waals surface area contributed by atoms with Crippen LogP contribution in [0.5, 0.6) is 0 Å². The van der Waals surface area contributed by atoms with E-state index >= 15 is 0 Å². The van der Waals surface area contributed by atoms with Crippen molar-refractivity contribution in [2.75, 3.05) is 0 Å². The van der Waals surface area contributed by atoms with Crippen molar-refractivity contribution in [3.8, 4) is 0 Å². The Morgan fingerprint density at radius 2 is 2.21 bits per heavy atom. The second kappa shape index (κ2) is 6.56. The van der Waals surface area contributed by atoms with Gasteiger partial charge >= 0.3 is 0 Å². The first-order chi connectivity index (χ1) is 6.52. The molecule has 0 aromatic heterocycles. The van der Waals surface area contributed by atoms with Gasteiger partial charge < -0.3 is 5.73 Å². The van der Waals surface area contributed by atoms with Crippen molar-refractivity contribution in [1.29, 1.82) is 0 Å². The molecular formula is C10H20N2O2. The molecular weight excluding hydrogens is 180 g/mol. The highest BCUT2D eigenvalue weighted by Gasteiger charge is 2.13. The van der Waals surface area contributed by atoms with Gasteiger partial charge in [-0.15, -0.1) is 0 Å². The number of carbonyl (C=O) groups is 1. The van der Waals surface area contributed by atoms with Crippen molar-refractivity contribution in [2.24, 2.45) is 11.7 Å². The molecule has 4 N–H and O–H groups in total. The van der Waals surface area contributed by atoms with Gasteiger partial charge in [0.2, 0.25) is 5.91 Å². The highest BCUT2D eigenvalue weighted by molar-refractivity contribution is 5.74. The first kappa shape index (κ1) is 13.1. The maximum atomic E-state index is 10.7. The van der Waals surface area contributed by atoms with Crippen LogP contribution >= 0.6 is 0 Å². The minimum atomic E-state index is -0.405. The Hall–Kier alpha value is -0.870. The molecule has 0 aliphatic rings. The van der Waals surface area contributed by atoms with Gasteiger partial charge in [0.25, 0.3) is 0 Å². The molecule has 0 aromatic rings. The molecule has 4 nitrogen and oxygen atoms in total. The second-order valence-electron chi connectivity index (χ2n) is 3.56. The van der Waals surface area contributed by atoms with E-state index in [9.17, 15) is 4.79 Å². The van der Waals surface area contributed by atoms with Gasteiger partial charge in [0.15, 0.2) is 0 Å². The summed E-state index contributed by atoms with van der Waals surface area (Å²) >= 11 is 0. The third-order valence-electron chi connectivity index (χ3n) is 2.53. The molecule has 0 aliphatic heterocycles. The summed E-state index contributed by atoms with van der Waals surface area (Å²) in [6.45, 7) is 8.05. The molecule has 0 heterocycles. The standard InChI is InChI=1S/C10H20N2O2/c1-4-7(2)8(3)9(11)5-6-10(13)12-14/h7,9,14H,3-6,11H2,1-2H3,(H,12,13)/t7-,9?/m0/s1. The van der Waals surface area contributed by atoms with Gasteiger partial charge in [0, 0.05) is 12.5 Å². The van der Waals surface area contributed by atoms with E-state index in [2.05, 4.69) is 20.4 Å². The highest BCUT2D eigenvalue weighted by atomic mass is 16.5. The SMILES string of the molecule is C=C(C(N)CCC(=O)NO)[C@@H](C)CC. The first-order valence-electron chi connectivity index (χ1n) is 4.90. The number of rotatable bonds is 6. The molecule has 0 saturated carbocycles. The zero-order chi connectivity index (χ0) is 11.1. The molecule has 0 aliphatic carbocycles. The Kier molecular flexibility index (Phi) is 6.16. The van der Waals surface area contributed by atoms with Crippen LogP contribution in [0.1, 0.15) is 33.1 Å². The van der Waals surface area contributed by atoms with Crippen LogP contribution in [0.4, 0.5) is 0 Å². The van der Waals surface area contributed by atoms with Crippen LogP contribution in [-0.4, -0.2) is 17.2 Å². The summed E-state index contributed by atoms with van der Waals surface area (Å²) in [6.07, 6.45) is 1.75. The number of nitrogens with one attached hydrogen (secondary N) is 1. The normalized spacial score (nSPS) is 14.6. The molecule has 0 bridgehead atoms. The lowest BCUT2D eigenvalue weighted by Crippen LogP contribution is -2.28. The van der Waals surface area contributed by atoms with Gasteiger partial charge in [-0.2, -0.15) is 0 Å². The van der Waals surface area contributed by atoms with Crippen LogP contribution in [0.2, 0.25) is 0 Å². The highest BCUT2D eigenvalue weighted by Crippen LogP contribution is 2.17. The van der Waals surface area contributed by atoms with Gasteiger partial charge in [0.05, 0.1) is 0 Å². The number of hydrogen-bond acceptors (Lipinski definition) is 3. The Morgan fingerprint density at radius 3 is 2.64 bits per heavy atom. The van der Waals surface area contributed by atoms with E-state index in [4.69, 9.17) is 10.9 Å². The Morgan fingerprint density at radius 1 is 1.64 bits per heavy atom. The fourth-order valence-electron chi connectivity index (χ4n) is 1.16. The number of nitrogens with two attached hydrogens (primary N) is 1. The zero-order valence-corrected chi connectivity index (χ0v) is 8.92. The van der Waals surface area contributed by atoms with Crippen molar-refractivity contribution in [1.82, 2.24) is 5.48 Å². The number of carbonyl (C=O) groups excluding carboxylic acids is 1. The van der Waals surface area contributed by atoms with E-state index in [1.165, 1.54) is 0 Å². The summed E-state index contributed by atoms with van der Waals surface area (Å²) in [5.41, 5.74) is 8.38. The summed E-state index contributed by atoms with van der Waals surface area (Å²) < 4.78 is 0. The van der Waals surface area contributed by atoms with E-state index in [1.54, 1.807) is 5.48 Å². The van der Waals surface area contributed by atoms with Crippen LogP contribution < -0.4 is 11.2 Å². The van der Waals surface area contributed by atoms with Crippen LogP contribution in [0, 0.1) is 5.92 Å². The zero-order valence-electron chi connectivity index (χ0n) is 8.92. The lowest BCUT2D eigenvalue weighted by molar-refractivity contribution is -0.129. The maximum absolute atomic E-state index is 10.7. The van der Waals surface area contributed by atoms with E-state index in [0.29, 0.717) is 12.3 Å². The van der Waals surface area contributed by atoms with Gasteiger partial charge in [-0.25, -0.2) is 5.48 Å². The summed E-state index contributed by atoms with van der Waals surface area (Å²) in [4.78, 5) is 10.7. The van der Waals surface area contributed by atoms with Crippen LogP contribution in [0.25, 0.3) is 0 Å².